The van der Waals surface area contributed by atoms with Gasteiger partial charge in [-0.1, -0.05) is 301 Å². The zero-order valence-electron chi connectivity index (χ0n) is 47.3. The number of rotatable bonds is 59. The van der Waals surface area contributed by atoms with Gasteiger partial charge in [-0.25, -0.2) is 0 Å². The number of nitrogens with one attached hydrogen (secondary N) is 1. The van der Waals surface area contributed by atoms with Gasteiger partial charge in [0.1, 0.15) is 0 Å². The minimum atomic E-state index is -0.839. The third kappa shape index (κ3) is 55.7. The lowest BCUT2D eigenvalue weighted by atomic mass is 10.0. The van der Waals surface area contributed by atoms with Gasteiger partial charge in [0.15, 0.2) is 0 Å². The van der Waals surface area contributed by atoms with Gasteiger partial charge in [0, 0.05) is 12.8 Å². The maximum absolute atomic E-state index is 12.4. The van der Waals surface area contributed by atoms with E-state index < -0.39 is 12.1 Å². The number of aliphatic hydroxyl groups is 2. The molecule has 0 rings (SSSR count). The van der Waals surface area contributed by atoms with Crippen LogP contribution in [0.15, 0.2) is 24.3 Å². The monoisotopic (exact) mass is 986 g/mol. The van der Waals surface area contributed by atoms with Crippen molar-refractivity contribution in [3.63, 3.8) is 0 Å². The molecule has 0 aliphatic rings. The van der Waals surface area contributed by atoms with Gasteiger partial charge in [-0.2, -0.15) is 0 Å². The fourth-order valence-corrected chi connectivity index (χ4v) is 9.87. The molecule has 0 radical (unpaired) electrons. The molecule has 0 saturated heterocycles. The standard InChI is InChI=1S/C64H123NO5/c1-3-5-7-9-11-13-14-15-35-38-42-46-50-54-58-64(69)70-59-55-51-47-43-39-36-33-31-29-27-25-23-21-19-17-16-18-20-22-24-26-28-30-32-34-37-41-45-49-53-57-63(68)65-61(60-66)62(67)56-52-48-44-40-12-10-8-6-4-2/h14-15,52,56,61-62,66-67H,3-13,16-51,53-55,57-60H2,1-2H3,(H,65,68)/b15-14-,56-52+. The summed E-state index contributed by atoms with van der Waals surface area (Å²) < 4.78 is 5.48. The zero-order chi connectivity index (χ0) is 50.7. The number of carbonyl (C=O) groups is 2. The van der Waals surface area contributed by atoms with Crippen molar-refractivity contribution in [1.82, 2.24) is 5.32 Å². The topological polar surface area (TPSA) is 95.9 Å². The van der Waals surface area contributed by atoms with Gasteiger partial charge in [-0.15, -0.1) is 0 Å². The van der Waals surface area contributed by atoms with Crippen molar-refractivity contribution in [1.29, 1.82) is 0 Å². The Balaban J connectivity index is 3.31. The lowest BCUT2D eigenvalue weighted by molar-refractivity contribution is -0.143. The van der Waals surface area contributed by atoms with E-state index in [1.165, 1.54) is 276 Å². The highest BCUT2D eigenvalue weighted by Gasteiger charge is 2.18. The van der Waals surface area contributed by atoms with E-state index in [-0.39, 0.29) is 18.5 Å². The number of esters is 1. The molecule has 70 heavy (non-hydrogen) atoms. The Morgan fingerprint density at radius 3 is 1.01 bits per heavy atom. The number of unbranched alkanes of at least 4 members (excludes halogenated alkanes) is 46. The third-order valence-corrected chi connectivity index (χ3v) is 14.7. The normalized spacial score (nSPS) is 12.7. The second-order valence-corrected chi connectivity index (χ2v) is 21.7. The van der Waals surface area contributed by atoms with E-state index in [4.69, 9.17) is 4.74 Å². The number of amides is 1. The molecular formula is C64H123NO5. The summed E-state index contributed by atoms with van der Waals surface area (Å²) >= 11 is 0. The summed E-state index contributed by atoms with van der Waals surface area (Å²) in [7, 11) is 0. The second kappa shape index (κ2) is 59.9. The molecule has 0 aromatic heterocycles. The number of carbonyl (C=O) groups excluding carboxylic acids is 2. The fourth-order valence-electron chi connectivity index (χ4n) is 9.87. The summed E-state index contributed by atoms with van der Waals surface area (Å²) in [6.45, 7) is 4.88. The van der Waals surface area contributed by atoms with Gasteiger partial charge < -0.3 is 20.3 Å². The van der Waals surface area contributed by atoms with Crippen LogP contribution in [0.3, 0.4) is 0 Å². The minimum Gasteiger partial charge on any atom is -0.466 e. The van der Waals surface area contributed by atoms with Crippen LogP contribution < -0.4 is 5.32 Å². The van der Waals surface area contributed by atoms with Gasteiger partial charge in [0.05, 0.1) is 25.4 Å². The predicted octanol–water partition coefficient (Wildman–Crippen LogP) is 19.8. The van der Waals surface area contributed by atoms with Gasteiger partial charge in [0.25, 0.3) is 0 Å². The van der Waals surface area contributed by atoms with E-state index in [9.17, 15) is 19.8 Å². The molecule has 0 saturated carbocycles. The molecule has 0 aliphatic heterocycles. The average molecular weight is 987 g/mol. The minimum absolute atomic E-state index is 0.0113. The van der Waals surface area contributed by atoms with Gasteiger partial charge in [0.2, 0.25) is 5.91 Å². The molecule has 6 heteroatoms. The Labute approximate surface area is 437 Å². The van der Waals surface area contributed by atoms with Crippen LogP contribution in [-0.4, -0.2) is 47.4 Å². The highest BCUT2D eigenvalue weighted by atomic mass is 16.5. The molecule has 0 aliphatic carbocycles. The first-order valence-corrected chi connectivity index (χ1v) is 31.6. The van der Waals surface area contributed by atoms with Gasteiger partial charge in [-0.3, -0.25) is 9.59 Å². The lowest BCUT2D eigenvalue weighted by Gasteiger charge is -2.20. The van der Waals surface area contributed by atoms with Crippen LogP contribution in [0.5, 0.6) is 0 Å². The summed E-state index contributed by atoms with van der Waals surface area (Å²) in [6.07, 6.45) is 73.9. The summed E-state index contributed by atoms with van der Waals surface area (Å²) in [5.41, 5.74) is 0. The molecule has 0 heterocycles. The third-order valence-electron chi connectivity index (χ3n) is 14.7. The van der Waals surface area contributed by atoms with E-state index in [1.807, 2.05) is 6.08 Å². The van der Waals surface area contributed by atoms with Gasteiger partial charge in [-0.05, 0) is 57.8 Å². The highest BCUT2D eigenvalue weighted by Crippen LogP contribution is 2.18. The fraction of sp³-hybridized carbons (Fsp3) is 0.906. The van der Waals surface area contributed by atoms with E-state index in [0.29, 0.717) is 19.4 Å². The zero-order valence-corrected chi connectivity index (χ0v) is 47.3. The Morgan fingerprint density at radius 1 is 0.386 bits per heavy atom. The molecule has 0 fully saturated rings. The van der Waals surface area contributed by atoms with Crippen LogP contribution in [0.1, 0.15) is 348 Å². The number of allylic oxidation sites excluding steroid dienone is 3. The molecular weight excluding hydrogens is 863 g/mol. The molecule has 1 amide bonds. The summed E-state index contributed by atoms with van der Waals surface area (Å²) in [6, 6.07) is -0.622. The number of hydrogen-bond donors (Lipinski definition) is 3. The summed E-state index contributed by atoms with van der Waals surface area (Å²) in [4.78, 5) is 24.4. The molecule has 6 nitrogen and oxygen atoms in total. The lowest BCUT2D eigenvalue weighted by Crippen LogP contribution is -2.45. The molecule has 2 atom stereocenters. The summed E-state index contributed by atoms with van der Waals surface area (Å²) in [5.74, 6) is -0.0545. The Hall–Kier alpha value is -1.66. The van der Waals surface area contributed by atoms with Crippen molar-refractivity contribution >= 4 is 11.9 Å². The molecule has 2 unspecified atom stereocenters. The van der Waals surface area contributed by atoms with E-state index in [0.717, 1.165) is 44.9 Å². The molecule has 0 spiro atoms. The number of hydrogen-bond acceptors (Lipinski definition) is 5. The average Bonchev–Trinajstić information content (AvgIpc) is 3.36. The van der Waals surface area contributed by atoms with E-state index in [2.05, 4.69) is 31.3 Å². The smallest absolute Gasteiger partial charge is 0.305 e. The first-order valence-electron chi connectivity index (χ1n) is 31.6. The first kappa shape index (κ1) is 68.3. The van der Waals surface area contributed by atoms with Crippen molar-refractivity contribution in [2.24, 2.45) is 0 Å². The molecule has 0 aromatic carbocycles. The van der Waals surface area contributed by atoms with Gasteiger partial charge >= 0.3 is 5.97 Å². The highest BCUT2D eigenvalue weighted by molar-refractivity contribution is 5.76. The van der Waals surface area contributed by atoms with E-state index in [1.54, 1.807) is 6.08 Å². The SMILES string of the molecule is CCCCCCC/C=C\CCCCCCCC(=O)OCCCCCCCCCCCCCCCCCCCCCCCCCCCCCCCCC(=O)NC(CO)C(O)/C=C/CCCCCCCCC. The van der Waals surface area contributed by atoms with E-state index >= 15 is 0 Å². The van der Waals surface area contributed by atoms with Crippen molar-refractivity contribution in [2.45, 2.75) is 360 Å². The van der Waals surface area contributed by atoms with Crippen LogP contribution in [0.2, 0.25) is 0 Å². The van der Waals surface area contributed by atoms with Crippen LogP contribution in [0.25, 0.3) is 0 Å². The maximum Gasteiger partial charge on any atom is 0.305 e. The molecule has 3 N–H and O–H groups in total. The van der Waals surface area contributed by atoms with Crippen molar-refractivity contribution < 1.29 is 24.5 Å². The van der Waals surface area contributed by atoms with Crippen LogP contribution >= 0.6 is 0 Å². The predicted molar refractivity (Wildman–Crippen MR) is 306 cm³/mol. The van der Waals surface area contributed by atoms with Crippen molar-refractivity contribution in [2.75, 3.05) is 13.2 Å². The molecule has 0 bridgehead atoms. The first-order chi connectivity index (χ1) is 34.5. The number of aliphatic hydroxyl groups excluding tert-OH is 2. The van der Waals surface area contributed by atoms with Crippen LogP contribution in [0, 0.1) is 0 Å². The maximum atomic E-state index is 12.4. The van der Waals surface area contributed by atoms with Crippen LogP contribution in [0.4, 0.5) is 0 Å². The largest absolute Gasteiger partial charge is 0.466 e. The quantitative estimate of drug-likeness (QED) is 0.0321. The Bertz CT molecular complexity index is 1090. The van der Waals surface area contributed by atoms with Crippen molar-refractivity contribution in [3.05, 3.63) is 24.3 Å². The van der Waals surface area contributed by atoms with Crippen molar-refractivity contribution in [3.8, 4) is 0 Å². The van der Waals surface area contributed by atoms with Crippen LogP contribution in [-0.2, 0) is 14.3 Å². The Kier molecular flexibility index (Phi) is 58.5. The molecule has 0 aromatic rings. The number of ether oxygens (including phenoxy) is 1. The molecule has 414 valence electrons. The summed E-state index contributed by atoms with van der Waals surface area (Å²) in [5, 5.41) is 23.0. The second-order valence-electron chi connectivity index (χ2n) is 21.7. The Morgan fingerprint density at radius 2 is 0.671 bits per heavy atom.